The lowest BCUT2D eigenvalue weighted by Crippen LogP contribution is -2.58. The lowest BCUT2D eigenvalue weighted by Gasteiger charge is -2.36. The van der Waals surface area contributed by atoms with E-state index >= 15 is 0 Å². The van der Waals surface area contributed by atoms with E-state index in [-0.39, 0.29) is 44.9 Å². The van der Waals surface area contributed by atoms with Gasteiger partial charge in [0, 0.05) is 25.9 Å². The van der Waals surface area contributed by atoms with Gasteiger partial charge in [0.25, 0.3) is 5.91 Å². The molecule has 3 N–H and O–H groups in total. The van der Waals surface area contributed by atoms with Crippen molar-refractivity contribution >= 4 is 29.6 Å². The Hall–Kier alpha value is -3.05. The molecule has 10 nitrogen and oxygen atoms in total. The van der Waals surface area contributed by atoms with Gasteiger partial charge in [-0.05, 0) is 43.9 Å². The molecule has 0 aromatic heterocycles. The third-order valence-electron chi connectivity index (χ3n) is 7.00. The van der Waals surface area contributed by atoms with Gasteiger partial charge < -0.3 is 25.6 Å². The van der Waals surface area contributed by atoms with E-state index in [1.165, 1.54) is 17.4 Å². The number of carbonyl (C=O) groups excluding carboxylic acids is 5. The molecule has 0 aromatic carbocycles. The Kier molecular flexibility index (Phi) is 16.3. The molecule has 2 fully saturated rings. The van der Waals surface area contributed by atoms with Gasteiger partial charge in [0.15, 0.2) is 0 Å². The molecular weight excluding hydrogens is 550 g/mol. The molecule has 0 aromatic rings. The molecule has 1 aliphatic heterocycles. The summed E-state index contributed by atoms with van der Waals surface area (Å²) in [6, 6.07) is -3.13. The van der Waals surface area contributed by atoms with Crippen molar-refractivity contribution < 1.29 is 37.5 Å². The summed E-state index contributed by atoms with van der Waals surface area (Å²) in [5.41, 5.74) is 0. The Labute approximate surface area is 248 Å². The second kappa shape index (κ2) is 18.5. The van der Waals surface area contributed by atoms with E-state index in [1.54, 1.807) is 0 Å². The van der Waals surface area contributed by atoms with Crippen LogP contribution >= 0.6 is 0 Å². The van der Waals surface area contributed by atoms with Crippen molar-refractivity contribution in [3.8, 4) is 0 Å². The Bertz CT molecular complexity index is 919. The minimum absolute atomic E-state index is 0.0332. The summed E-state index contributed by atoms with van der Waals surface area (Å²) in [5, 5.41) is 7.61. The van der Waals surface area contributed by atoms with Crippen molar-refractivity contribution in [2.75, 3.05) is 19.7 Å². The fourth-order valence-electron chi connectivity index (χ4n) is 4.91. The highest BCUT2D eigenvalue weighted by molar-refractivity contribution is 6.38. The number of amides is 4. The van der Waals surface area contributed by atoms with Crippen LogP contribution in [-0.2, 0) is 23.9 Å². The molecule has 1 saturated carbocycles. The molecule has 0 radical (unpaired) electrons. The predicted molar refractivity (Wildman–Crippen MR) is 156 cm³/mol. The van der Waals surface area contributed by atoms with E-state index in [4.69, 9.17) is 4.74 Å². The zero-order chi connectivity index (χ0) is 31.9. The molecule has 4 amide bonds. The maximum absolute atomic E-state index is 13.8. The second-order valence-electron chi connectivity index (χ2n) is 11.4. The fraction of sp³-hybridized carbons (Fsp3) is 0.767. The Morgan fingerprint density at radius 2 is 1.67 bits per heavy atom. The van der Waals surface area contributed by atoms with E-state index in [9.17, 15) is 32.8 Å². The first-order valence-electron chi connectivity index (χ1n) is 15.2. The highest BCUT2D eigenvalue weighted by atomic mass is 19.3. The van der Waals surface area contributed by atoms with Crippen molar-refractivity contribution in [3.05, 3.63) is 12.7 Å². The standard InChI is InChI=1S/C27H42F2N4O6.C3H8/c1-5-8-19(22(34)24(36)30-14-6-2)31-23(35)20-9-7-15-33(20)25(37)21(32-26(38)39-16-17(3)4)18-10-12-27(28,29)13-11-18;1-3-2/h6,17-21H,2,5,7-16H2,1,3-4H3,(H,30,36)(H,31,35)(H,32,38);3H2,1-2H3. The number of nitrogens with zero attached hydrogens (tertiary/aromatic N) is 1. The maximum Gasteiger partial charge on any atom is 0.407 e. The third-order valence-corrected chi connectivity index (χ3v) is 7.00. The number of halogens is 2. The zero-order valence-corrected chi connectivity index (χ0v) is 25.8. The quantitative estimate of drug-likeness (QED) is 0.215. The number of rotatable bonds is 13. The number of nitrogens with one attached hydrogen (secondary N) is 3. The number of ether oxygens (including phenoxy) is 1. The SMILES string of the molecule is C=CCNC(=O)C(=O)C(CCC)NC(=O)C1CCCN1C(=O)C(NC(=O)OCC(C)C)C1CCC(F)(F)CC1.CCC. The van der Waals surface area contributed by atoms with Gasteiger partial charge in [-0.3, -0.25) is 19.2 Å². The first kappa shape index (κ1) is 37.0. The average molecular weight is 601 g/mol. The van der Waals surface area contributed by atoms with Crippen molar-refractivity contribution in [1.82, 2.24) is 20.9 Å². The van der Waals surface area contributed by atoms with Crippen LogP contribution in [0.25, 0.3) is 0 Å². The van der Waals surface area contributed by atoms with Crippen molar-refractivity contribution in [2.24, 2.45) is 11.8 Å². The first-order chi connectivity index (χ1) is 19.8. The van der Waals surface area contributed by atoms with E-state index < -0.39 is 72.4 Å². The molecule has 240 valence electrons. The predicted octanol–water partition coefficient (Wildman–Crippen LogP) is 4.13. The van der Waals surface area contributed by atoms with Gasteiger partial charge in [0.2, 0.25) is 23.5 Å². The van der Waals surface area contributed by atoms with Crippen molar-refractivity contribution in [2.45, 2.75) is 116 Å². The smallest absolute Gasteiger partial charge is 0.407 e. The van der Waals surface area contributed by atoms with Crippen LogP contribution < -0.4 is 16.0 Å². The summed E-state index contributed by atoms with van der Waals surface area (Å²) in [7, 11) is 0. The monoisotopic (exact) mass is 600 g/mol. The number of alkyl carbamates (subject to hydrolysis) is 1. The number of ketones is 1. The largest absolute Gasteiger partial charge is 0.449 e. The van der Waals surface area contributed by atoms with Crippen LogP contribution in [0, 0.1) is 11.8 Å². The molecule has 1 saturated heterocycles. The number of hydrogen-bond acceptors (Lipinski definition) is 6. The van der Waals surface area contributed by atoms with Crippen LogP contribution in [-0.4, -0.2) is 78.2 Å². The van der Waals surface area contributed by atoms with Gasteiger partial charge in [0.1, 0.15) is 12.1 Å². The molecule has 1 aliphatic carbocycles. The van der Waals surface area contributed by atoms with Gasteiger partial charge in [-0.15, -0.1) is 6.58 Å². The Morgan fingerprint density at radius 1 is 1.05 bits per heavy atom. The van der Waals surface area contributed by atoms with Crippen LogP contribution in [0.2, 0.25) is 0 Å². The van der Waals surface area contributed by atoms with E-state index in [0.29, 0.717) is 19.3 Å². The summed E-state index contributed by atoms with van der Waals surface area (Å²) < 4.78 is 32.9. The molecular formula is C30H50F2N4O6. The molecule has 2 rings (SSSR count). The Balaban J connectivity index is 0.00000281. The van der Waals surface area contributed by atoms with E-state index in [2.05, 4.69) is 36.4 Å². The van der Waals surface area contributed by atoms with Crippen LogP contribution in [0.4, 0.5) is 13.6 Å². The van der Waals surface area contributed by atoms with Crippen molar-refractivity contribution in [1.29, 1.82) is 0 Å². The molecule has 42 heavy (non-hydrogen) atoms. The van der Waals surface area contributed by atoms with Crippen LogP contribution in [0.1, 0.15) is 92.4 Å². The minimum Gasteiger partial charge on any atom is -0.449 e. The van der Waals surface area contributed by atoms with Gasteiger partial charge in [-0.25, -0.2) is 13.6 Å². The first-order valence-corrected chi connectivity index (χ1v) is 15.2. The maximum atomic E-state index is 13.8. The number of Topliss-reactive ketones (excluding diaryl/α,β-unsaturated/α-hetero) is 1. The van der Waals surface area contributed by atoms with Gasteiger partial charge in [0.05, 0.1) is 12.6 Å². The lowest BCUT2D eigenvalue weighted by atomic mass is 9.81. The normalized spacial score (nSPS) is 19.5. The minimum atomic E-state index is -2.82. The molecule has 1 heterocycles. The molecule has 2 aliphatic rings. The summed E-state index contributed by atoms with van der Waals surface area (Å²) in [4.78, 5) is 65.6. The molecule has 3 atom stereocenters. The van der Waals surface area contributed by atoms with Crippen LogP contribution in [0.15, 0.2) is 12.7 Å². The lowest BCUT2D eigenvalue weighted by molar-refractivity contribution is -0.144. The molecule has 12 heteroatoms. The molecule has 0 spiro atoms. The number of hydrogen-bond donors (Lipinski definition) is 3. The topological polar surface area (TPSA) is 134 Å². The van der Waals surface area contributed by atoms with Crippen molar-refractivity contribution in [3.63, 3.8) is 0 Å². The van der Waals surface area contributed by atoms with Crippen LogP contribution in [0.3, 0.4) is 0 Å². The van der Waals surface area contributed by atoms with Gasteiger partial charge in [-0.1, -0.05) is 53.5 Å². The highest BCUT2D eigenvalue weighted by Gasteiger charge is 2.45. The third kappa shape index (κ3) is 12.1. The van der Waals surface area contributed by atoms with E-state index in [0.717, 1.165) is 0 Å². The van der Waals surface area contributed by atoms with E-state index in [1.807, 2.05) is 20.8 Å². The fourth-order valence-corrected chi connectivity index (χ4v) is 4.91. The highest BCUT2D eigenvalue weighted by Crippen LogP contribution is 2.38. The number of carbonyl (C=O) groups is 5. The Morgan fingerprint density at radius 3 is 2.21 bits per heavy atom. The summed E-state index contributed by atoms with van der Waals surface area (Å²) in [6.45, 7) is 13.7. The summed E-state index contributed by atoms with van der Waals surface area (Å²) in [6.07, 6.45) is 2.70. The average Bonchev–Trinajstić information content (AvgIpc) is 3.43. The van der Waals surface area contributed by atoms with Gasteiger partial charge >= 0.3 is 6.09 Å². The second-order valence-corrected chi connectivity index (χ2v) is 11.4. The number of alkyl halides is 2. The summed E-state index contributed by atoms with van der Waals surface area (Å²) in [5.74, 6) is -6.08. The summed E-state index contributed by atoms with van der Waals surface area (Å²) >= 11 is 0. The molecule has 0 bridgehead atoms. The number of likely N-dealkylation sites (tertiary alicyclic amines) is 1. The zero-order valence-electron chi connectivity index (χ0n) is 25.8. The van der Waals surface area contributed by atoms with Crippen LogP contribution in [0.5, 0.6) is 0 Å². The van der Waals surface area contributed by atoms with Gasteiger partial charge in [-0.2, -0.15) is 0 Å². The molecule has 3 unspecified atom stereocenters.